The third kappa shape index (κ3) is 7.53. The fraction of sp³-hybridized carbons (Fsp3) is 0.409. The summed E-state index contributed by atoms with van der Waals surface area (Å²) in [7, 11) is 0. The molecule has 2 aromatic rings. The quantitative estimate of drug-likeness (QED) is 0.406. The number of esters is 1. The summed E-state index contributed by atoms with van der Waals surface area (Å²) < 4.78 is 11.5. The molecular weight excluding hydrogens is 312 g/mol. The number of hydrogen-bond acceptors (Lipinski definition) is 3. The minimum Gasteiger partial charge on any atom is -0.456 e. The van der Waals surface area contributed by atoms with Crippen LogP contribution in [0.4, 0.5) is 0 Å². The lowest BCUT2D eigenvalue weighted by molar-refractivity contribution is -0.0117. The Hall–Kier alpha value is -2.13. The first-order chi connectivity index (χ1) is 12.3. The Kier molecular flexibility index (Phi) is 8.78. The lowest BCUT2D eigenvalue weighted by Crippen LogP contribution is -2.24. The Morgan fingerprint density at radius 2 is 1.60 bits per heavy atom. The van der Waals surface area contributed by atoms with E-state index in [9.17, 15) is 4.79 Å². The van der Waals surface area contributed by atoms with Gasteiger partial charge in [-0.3, -0.25) is 0 Å². The Balaban J connectivity index is 1.84. The lowest BCUT2D eigenvalue weighted by Gasteiger charge is -2.18. The highest BCUT2D eigenvalue weighted by Crippen LogP contribution is 2.13. The highest BCUT2D eigenvalue weighted by atomic mass is 16.6. The van der Waals surface area contributed by atoms with E-state index in [0.29, 0.717) is 18.8 Å². The van der Waals surface area contributed by atoms with Crippen LogP contribution < -0.4 is 0 Å². The van der Waals surface area contributed by atoms with Gasteiger partial charge in [-0.15, -0.1) is 0 Å². The summed E-state index contributed by atoms with van der Waals surface area (Å²) in [6, 6.07) is 19.2. The van der Waals surface area contributed by atoms with Crippen molar-refractivity contribution in [3.05, 3.63) is 71.8 Å². The third-order valence-corrected chi connectivity index (χ3v) is 4.08. The van der Waals surface area contributed by atoms with E-state index in [4.69, 9.17) is 9.47 Å². The molecule has 0 aliphatic rings. The van der Waals surface area contributed by atoms with Crippen molar-refractivity contribution in [1.29, 1.82) is 0 Å². The second-order valence-electron chi connectivity index (χ2n) is 6.24. The van der Waals surface area contributed by atoms with Gasteiger partial charge < -0.3 is 9.47 Å². The van der Waals surface area contributed by atoms with Crippen molar-refractivity contribution in [3.8, 4) is 0 Å². The van der Waals surface area contributed by atoms with E-state index in [1.54, 1.807) is 12.1 Å². The number of rotatable bonds is 11. The lowest BCUT2D eigenvalue weighted by atomic mass is 10.1. The van der Waals surface area contributed by atoms with Gasteiger partial charge in [0.1, 0.15) is 6.10 Å². The molecule has 0 spiro atoms. The van der Waals surface area contributed by atoms with Gasteiger partial charge in [0.05, 0.1) is 18.8 Å². The van der Waals surface area contributed by atoms with Crippen LogP contribution in [-0.4, -0.2) is 18.7 Å². The Morgan fingerprint density at radius 3 is 2.28 bits per heavy atom. The Morgan fingerprint density at radius 1 is 0.920 bits per heavy atom. The molecule has 0 saturated heterocycles. The molecule has 0 bridgehead atoms. The molecule has 2 rings (SSSR count). The molecule has 3 heteroatoms. The Bertz CT molecular complexity index is 595. The number of benzene rings is 2. The first-order valence-electron chi connectivity index (χ1n) is 9.17. The highest BCUT2D eigenvalue weighted by molar-refractivity contribution is 5.89. The zero-order chi connectivity index (χ0) is 17.7. The van der Waals surface area contributed by atoms with E-state index >= 15 is 0 Å². The molecular formula is C22H28O3. The molecule has 0 radical (unpaired) electrons. The molecule has 134 valence electrons. The normalized spacial score (nSPS) is 11.9. The van der Waals surface area contributed by atoms with Crippen LogP contribution in [0.15, 0.2) is 60.7 Å². The van der Waals surface area contributed by atoms with Crippen molar-refractivity contribution in [1.82, 2.24) is 0 Å². The van der Waals surface area contributed by atoms with E-state index in [1.165, 1.54) is 12.8 Å². The smallest absolute Gasteiger partial charge is 0.338 e. The summed E-state index contributed by atoms with van der Waals surface area (Å²) in [5.74, 6) is -0.274. The van der Waals surface area contributed by atoms with Crippen molar-refractivity contribution in [2.75, 3.05) is 6.61 Å². The second kappa shape index (κ2) is 11.4. The number of hydrogen-bond donors (Lipinski definition) is 0. The van der Waals surface area contributed by atoms with Gasteiger partial charge in [0.2, 0.25) is 0 Å². The molecule has 0 fully saturated rings. The number of carbonyl (C=O) groups is 1. The van der Waals surface area contributed by atoms with Crippen molar-refractivity contribution in [2.45, 2.75) is 51.7 Å². The molecule has 0 aliphatic carbocycles. The van der Waals surface area contributed by atoms with Gasteiger partial charge in [-0.1, -0.05) is 74.7 Å². The minimum atomic E-state index is -0.274. The van der Waals surface area contributed by atoms with E-state index in [1.807, 2.05) is 48.5 Å². The predicted molar refractivity (Wildman–Crippen MR) is 101 cm³/mol. The molecule has 1 atom stereocenters. The maximum absolute atomic E-state index is 12.3. The van der Waals surface area contributed by atoms with Crippen LogP contribution in [0.5, 0.6) is 0 Å². The van der Waals surface area contributed by atoms with Gasteiger partial charge in [-0.2, -0.15) is 0 Å². The topological polar surface area (TPSA) is 35.5 Å². The van der Waals surface area contributed by atoms with Crippen molar-refractivity contribution >= 4 is 5.97 Å². The van der Waals surface area contributed by atoms with E-state index in [-0.39, 0.29) is 12.1 Å². The molecule has 25 heavy (non-hydrogen) atoms. The van der Waals surface area contributed by atoms with Gasteiger partial charge in [-0.25, -0.2) is 4.79 Å². The molecule has 0 aliphatic heterocycles. The molecule has 3 nitrogen and oxygen atoms in total. The van der Waals surface area contributed by atoms with Crippen LogP contribution in [0, 0.1) is 0 Å². The van der Waals surface area contributed by atoms with Crippen LogP contribution >= 0.6 is 0 Å². The molecule has 0 heterocycles. The fourth-order valence-corrected chi connectivity index (χ4v) is 2.65. The van der Waals surface area contributed by atoms with Gasteiger partial charge >= 0.3 is 5.97 Å². The van der Waals surface area contributed by atoms with Crippen molar-refractivity contribution in [3.63, 3.8) is 0 Å². The highest BCUT2D eigenvalue weighted by Gasteiger charge is 2.16. The second-order valence-corrected chi connectivity index (χ2v) is 6.24. The van der Waals surface area contributed by atoms with E-state index in [0.717, 1.165) is 24.8 Å². The average molecular weight is 340 g/mol. The SMILES string of the molecule is CCCCCCC(COCc1ccccc1)OC(=O)c1ccccc1. The zero-order valence-corrected chi connectivity index (χ0v) is 15.0. The molecule has 0 amide bonds. The molecule has 0 aromatic heterocycles. The predicted octanol–water partition coefficient (Wildman–Crippen LogP) is 5.40. The van der Waals surface area contributed by atoms with Crippen LogP contribution in [0.1, 0.15) is 54.9 Å². The zero-order valence-electron chi connectivity index (χ0n) is 15.0. The number of ether oxygens (including phenoxy) is 2. The maximum atomic E-state index is 12.3. The molecule has 1 unspecified atom stereocenters. The van der Waals surface area contributed by atoms with Gasteiger partial charge in [0.15, 0.2) is 0 Å². The first kappa shape index (κ1) is 19.2. The summed E-state index contributed by atoms with van der Waals surface area (Å²) in [6.07, 6.45) is 5.26. The summed E-state index contributed by atoms with van der Waals surface area (Å²) in [5, 5.41) is 0. The maximum Gasteiger partial charge on any atom is 0.338 e. The molecule has 0 N–H and O–H groups in total. The molecule has 0 saturated carbocycles. The summed E-state index contributed by atoms with van der Waals surface area (Å²) in [6.45, 7) is 3.16. The molecule has 2 aromatic carbocycles. The van der Waals surface area contributed by atoms with Gasteiger partial charge in [0.25, 0.3) is 0 Å². The minimum absolute atomic E-state index is 0.201. The first-order valence-corrected chi connectivity index (χ1v) is 9.17. The number of unbranched alkanes of at least 4 members (excludes halogenated alkanes) is 3. The summed E-state index contributed by atoms with van der Waals surface area (Å²) in [4.78, 5) is 12.3. The third-order valence-electron chi connectivity index (χ3n) is 4.08. The monoisotopic (exact) mass is 340 g/mol. The van der Waals surface area contributed by atoms with Gasteiger partial charge in [0, 0.05) is 0 Å². The standard InChI is InChI=1S/C22H28O3/c1-2-3-4-11-16-21(18-24-17-19-12-7-5-8-13-19)25-22(23)20-14-9-6-10-15-20/h5-10,12-15,21H,2-4,11,16-18H2,1H3. The fourth-order valence-electron chi connectivity index (χ4n) is 2.65. The largest absolute Gasteiger partial charge is 0.456 e. The van der Waals surface area contributed by atoms with Crippen molar-refractivity contribution < 1.29 is 14.3 Å². The summed E-state index contributed by atoms with van der Waals surface area (Å²) >= 11 is 0. The van der Waals surface area contributed by atoms with Crippen molar-refractivity contribution in [2.24, 2.45) is 0 Å². The van der Waals surface area contributed by atoms with E-state index in [2.05, 4.69) is 6.92 Å². The van der Waals surface area contributed by atoms with Gasteiger partial charge in [-0.05, 0) is 30.5 Å². The van der Waals surface area contributed by atoms with Crippen LogP contribution in [0.25, 0.3) is 0 Å². The van der Waals surface area contributed by atoms with Crippen LogP contribution in [0.3, 0.4) is 0 Å². The van der Waals surface area contributed by atoms with Crippen LogP contribution in [0.2, 0.25) is 0 Å². The number of carbonyl (C=O) groups excluding carboxylic acids is 1. The Labute approximate surface area is 151 Å². The average Bonchev–Trinajstić information content (AvgIpc) is 2.66. The summed E-state index contributed by atoms with van der Waals surface area (Å²) in [5.41, 5.74) is 1.71. The van der Waals surface area contributed by atoms with E-state index < -0.39 is 0 Å². The van der Waals surface area contributed by atoms with Crippen LogP contribution in [-0.2, 0) is 16.1 Å².